The van der Waals surface area contributed by atoms with Gasteiger partial charge >= 0.3 is 11.9 Å². The van der Waals surface area contributed by atoms with Crippen LogP contribution in [0.2, 0.25) is 0 Å². The van der Waals surface area contributed by atoms with Crippen molar-refractivity contribution >= 4 is 53.4 Å². The molecule has 17 N–H and O–H groups in total. The molecule has 5 amide bonds. The molecule has 5 atom stereocenters. The van der Waals surface area contributed by atoms with E-state index in [4.69, 9.17) is 33.1 Å². The number of hydrogen-bond donors (Lipinski definition) is 14. The Morgan fingerprint density at radius 2 is 1.22 bits per heavy atom. The number of carbonyl (C=O) groups is 7. The molecular weight excluding hydrogens is 720 g/mol. The highest BCUT2D eigenvalue weighted by Crippen LogP contribution is 2.09. The van der Waals surface area contributed by atoms with Gasteiger partial charge in [-0.2, -0.15) is 0 Å². The standard InChI is InChI=1S/C34H56N12O9/c1-19(2)16-24(46-28(50)21(35)10-6-14-40-33(36)37)30(52)44-22(11-7-15-41-34(38)39)29(51)42-18-26(47)43-25(17-20-8-4-3-5-9-20)31(53)45-23(32(54)55)12-13-27(48)49/h3-5,8-9,19,21-25H,6-7,10-18,35H2,1-2H3,(H,42,51)(H,43,47)(H,44,52)(H,45,53)(H,46,50)(H,48,49)(H,54,55)(H4,36,37,40)(H4,38,39,41)/t21-,22-,23-,24-,25-/m0/s1. The maximum atomic E-state index is 13.5. The molecule has 1 aromatic carbocycles. The van der Waals surface area contributed by atoms with Crippen LogP contribution in [0.1, 0.15) is 64.4 Å². The maximum absolute atomic E-state index is 13.5. The Balaban J connectivity index is 3.09. The highest BCUT2D eigenvalue weighted by Gasteiger charge is 2.30. The van der Waals surface area contributed by atoms with Crippen molar-refractivity contribution in [2.45, 2.75) is 95.4 Å². The highest BCUT2D eigenvalue weighted by molar-refractivity contribution is 5.95. The third-order valence-electron chi connectivity index (χ3n) is 7.92. The van der Waals surface area contributed by atoms with Gasteiger partial charge in [-0.3, -0.25) is 39.6 Å². The van der Waals surface area contributed by atoms with Crippen molar-refractivity contribution in [3.8, 4) is 0 Å². The molecule has 0 heterocycles. The van der Waals surface area contributed by atoms with Crippen LogP contribution in [-0.2, 0) is 40.0 Å². The number of carbonyl (C=O) groups excluding carboxylic acids is 5. The summed E-state index contributed by atoms with van der Waals surface area (Å²) in [4.78, 5) is 88.8. The van der Waals surface area contributed by atoms with E-state index in [9.17, 15) is 38.7 Å². The van der Waals surface area contributed by atoms with Gasteiger partial charge < -0.3 is 64.6 Å². The minimum absolute atomic E-state index is 0.0242. The van der Waals surface area contributed by atoms with Crippen LogP contribution in [0.15, 0.2) is 30.3 Å². The zero-order valence-electron chi connectivity index (χ0n) is 31.1. The van der Waals surface area contributed by atoms with Crippen molar-refractivity contribution in [1.82, 2.24) is 37.2 Å². The summed E-state index contributed by atoms with van der Waals surface area (Å²) < 4.78 is 0. The Morgan fingerprint density at radius 1 is 0.673 bits per heavy atom. The molecule has 0 fully saturated rings. The monoisotopic (exact) mass is 776 g/mol. The van der Waals surface area contributed by atoms with Gasteiger partial charge in [-0.15, -0.1) is 0 Å². The van der Waals surface area contributed by atoms with Crippen LogP contribution in [0.25, 0.3) is 0 Å². The van der Waals surface area contributed by atoms with Gasteiger partial charge in [-0.05, 0) is 50.0 Å². The molecule has 21 nitrogen and oxygen atoms in total. The van der Waals surface area contributed by atoms with Gasteiger partial charge in [0.15, 0.2) is 11.9 Å². The van der Waals surface area contributed by atoms with E-state index in [1.807, 2.05) is 13.8 Å². The van der Waals surface area contributed by atoms with Crippen molar-refractivity contribution in [3.63, 3.8) is 0 Å². The van der Waals surface area contributed by atoms with Gasteiger partial charge in [-0.25, -0.2) is 4.79 Å². The summed E-state index contributed by atoms with van der Waals surface area (Å²) in [5.41, 5.74) is 17.2. The number of carboxylic acid groups (broad SMARTS) is 2. The van der Waals surface area contributed by atoms with Crippen LogP contribution in [0.4, 0.5) is 0 Å². The first kappa shape index (κ1) is 47.0. The average Bonchev–Trinajstić information content (AvgIpc) is 3.10. The summed E-state index contributed by atoms with van der Waals surface area (Å²) in [6, 6.07) is 2.35. The Labute approximate surface area is 319 Å². The Bertz CT molecular complexity index is 1480. The molecule has 0 aliphatic rings. The number of hydrogen-bond acceptors (Lipinski definition) is 10. The van der Waals surface area contributed by atoms with Gasteiger partial charge in [0, 0.05) is 25.9 Å². The van der Waals surface area contributed by atoms with E-state index >= 15 is 0 Å². The van der Waals surface area contributed by atoms with E-state index in [2.05, 4.69) is 37.2 Å². The second-order valence-electron chi connectivity index (χ2n) is 13.2. The molecule has 0 bridgehead atoms. The third kappa shape index (κ3) is 20.7. The normalized spacial score (nSPS) is 13.5. The molecule has 306 valence electrons. The molecule has 0 aromatic heterocycles. The zero-order chi connectivity index (χ0) is 41.5. The summed E-state index contributed by atoms with van der Waals surface area (Å²) in [6.45, 7) is 3.50. The van der Waals surface area contributed by atoms with Gasteiger partial charge in [-0.1, -0.05) is 44.2 Å². The van der Waals surface area contributed by atoms with E-state index in [1.54, 1.807) is 30.3 Å². The topological polar surface area (TPSA) is 370 Å². The summed E-state index contributed by atoms with van der Waals surface area (Å²) >= 11 is 0. The lowest BCUT2D eigenvalue weighted by Crippen LogP contribution is -2.57. The summed E-state index contributed by atoms with van der Waals surface area (Å²) in [6.07, 6.45) is 0.128. The first-order chi connectivity index (χ1) is 25.9. The number of nitrogens with one attached hydrogen (secondary N) is 9. The van der Waals surface area contributed by atoms with E-state index in [0.29, 0.717) is 18.5 Å². The smallest absolute Gasteiger partial charge is 0.326 e. The molecule has 21 heteroatoms. The number of nitrogens with two attached hydrogens (primary N) is 3. The molecule has 0 unspecified atom stereocenters. The molecule has 0 aliphatic carbocycles. The molecule has 1 rings (SSSR count). The predicted octanol–water partition coefficient (Wildman–Crippen LogP) is -2.87. The molecule has 0 spiro atoms. The number of carboxylic acids is 2. The van der Waals surface area contributed by atoms with Crippen molar-refractivity contribution < 1.29 is 43.8 Å². The third-order valence-corrected chi connectivity index (χ3v) is 7.92. The van der Waals surface area contributed by atoms with Crippen LogP contribution in [-0.4, -0.2) is 113 Å². The largest absolute Gasteiger partial charge is 0.481 e. The van der Waals surface area contributed by atoms with Gasteiger partial charge in [0.2, 0.25) is 29.5 Å². The van der Waals surface area contributed by atoms with Crippen molar-refractivity contribution in [3.05, 3.63) is 35.9 Å². The van der Waals surface area contributed by atoms with Crippen molar-refractivity contribution in [2.75, 3.05) is 19.6 Å². The fourth-order valence-corrected chi connectivity index (χ4v) is 5.12. The van der Waals surface area contributed by atoms with Crippen LogP contribution in [0.3, 0.4) is 0 Å². The number of benzene rings is 1. The fourth-order valence-electron chi connectivity index (χ4n) is 5.12. The first-order valence-corrected chi connectivity index (χ1v) is 17.8. The van der Waals surface area contributed by atoms with Crippen LogP contribution in [0.5, 0.6) is 0 Å². The molecule has 55 heavy (non-hydrogen) atoms. The first-order valence-electron chi connectivity index (χ1n) is 17.8. The van der Waals surface area contributed by atoms with E-state index in [1.165, 1.54) is 0 Å². The maximum Gasteiger partial charge on any atom is 0.326 e. The molecule has 0 saturated carbocycles. The molecular formula is C34H56N12O9. The Kier molecular flexibility index (Phi) is 21.5. The van der Waals surface area contributed by atoms with E-state index < -0.39 is 91.1 Å². The number of amides is 5. The number of rotatable bonds is 26. The van der Waals surface area contributed by atoms with E-state index in [-0.39, 0.29) is 56.5 Å². The lowest BCUT2D eigenvalue weighted by Gasteiger charge is -2.25. The summed E-state index contributed by atoms with van der Waals surface area (Å²) in [5, 5.41) is 50.7. The highest BCUT2D eigenvalue weighted by atomic mass is 16.4. The number of aliphatic carboxylic acids is 2. The lowest BCUT2D eigenvalue weighted by atomic mass is 10.0. The van der Waals surface area contributed by atoms with Crippen molar-refractivity contribution in [1.29, 1.82) is 10.8 Å². The second-order valence-corrected chi connectivity index (χ2v) is 13.2. The summed E-state index contributed by atoms with van der Waals surface area (Å²) in [5.74, 6) is -7.10. The fraction of sp³-hybridized carbons (Fsp3) is 0.559. The second kappa shape index (κ2) is 25.1. The zero-order valence-corrected chi connectivity index (χ0v) is 31.1. The molecule has 0 aliphatic heterocycles. The quantitative estimate of drug-likeness (QED) is 0.0256. The minimum Gasteiger partial charge on any atom is -0.481 e. The van der Waals surface area contributed by atoms with Gasteiger partial charge in [0.05, 0.1) is 12.6 Å². The van der Waals surface area contributed by atoms with Crippen LogP contribution in [0, 0.1) is 16.7 Å². The lowest BCUT2D eigenvalue weighted by molar-refractivity contribution is -0.143. The van der Waals surface area contributed by atoms with Gasteiger partial charge in [0.25, 0.3) is 0 Å². The predicted molar refractivity (Wildman–Crippen MR) is 201 cm³/mol. The van der Waals surface area contributed by atoms with Crippen LogP contribution >= 0.6 is 0 Å². The average molecular weight is 777 g/mol. The minimum atomic E-state index is -1.55. The SMILES string of the molecule is CC(C)C[C@H](NC(=O)[C@@H](N)CCCNC(=N)N)C(=O)N[C@@H](CCCNC(=N)N)C(=O)NCC(=O)N[C@@H](Cc1ccccc1)C(=O)N[C@@H](CCC(=O)O)C(=O)O. The molecule has 0 radical (unpaired) electrons. The van der Waals surface area contributed by atoms with E-state index in [0.717, 1.165) is 0 Å². The van der Waals surface area contributed by atoms with Crippen molar-refractivity contribution in [2.24, 2.45) is 23.1 Å². The molecule has 0 saturated heterocycles. The Morgan fingerprint density at radius 3 is 1.76 bits per heavy atom. The Hall–Kier alpha value is -5.99. The summed E-state index contributed by atoms with van der Waals surface area (Å²) in [7, 11) is 0. The molecule has 1 aromatic rings. The van der Waals surface area contributed by atoms with Crippen LogP contribution < -0.4 is 54.4 Å². The number of guanidine groups is 2. The van der Waals surface area contributed by atoms with Gasteiger partial charge in [0.1, 0.15) is 24.2 Å².